The highest BCUT2D eigenvalue weighted by molar-refractivity contribution is 5.63. The summed E-state index contributed by atoms with van der Waals surface area (Å²) in [6.07, 6.45) is 2.54. The molecule has 4 nitrogen and oxygen atoms in total. The second-order valence-electron chi connectivity index (χ2n) is 8.10. The van der Waals surface area contributed by atoms with Gasteiger partial charge in [-0.15, -0.1) is 0 Å². The Morgan fingerprint density at radius 2 is 1.48 bits per heavy atom. The Hall–Kier alpha value is -4.06. The van der Waals surface area contributed by atoms with Crippen molar-refractivity contribution in [2.75, 3.05) is 0 Å². The molecule has 6 heteroatoms. The fraction of sp³-hybridized carbons (Fsp3) is 0.111. The van der Waals surface area contributed by atoms with Crippen LogP contribution in [0.3, 0.4) is 0 Å². The topological polar surface area (TPSA) is 50.4 Å². The van der Waals surface area contributed by atoms with Crippen LogP contribution in [0.1, 0.15) is 28.1 Å². The van der Waals surface area contributed by atoms with Gasteiger partial charge in [-0.25, -0.2) is 18.7 Å². The van der Waals surface area contributed by atoms with Crippen molar-refractivity contribution >= 4 is 5.65 Å². The molecule has 5 rings (SSSR count). The zero-order valence-electron chi connectivity index (χ0n) is 18.0. The van der Waals surface area contributed by atoms with E-state index >= 15 is 0 Å². The number of aromatic nitrogens is 3. The Morgan fingerprint density at radius 1 is 0.788 bits per heavy atom. The molecule has 0 aliphatic heterocycles. The summed E-state index contributed by atoms with van der Waals surface area (Å²) in [7, 11) is 0. The number of aromatic hydroxyl groups is 1. The summed E-state index contributed by atoms with van der Waals surface area (Å²) in [4.78, 5) is 9.44. The van der Waals surface area contributed by atoms with E-state index in [0.29, 0.717) is 41.1 Å². The van der Waals surface area contributed by atoms with Crippen LogP contribution in [0.15, 0.2) is 79.0 Å². The molecule has 5 aromatic rings. The van der Waals surface area contributed by atoms with Gasteiger partial charge >= 0.3 is 0 Å². The Kier molecular flexibility index (Phi) is 5.34. The third-order valence-corrected chi connectivity index (χ3v) is 5.64. The van der Waals surface area contributed by atoms with Gasteiger partial charge in [0.2, 0.25) is 5.88 Å². The molecule has 2 heterocycles. The molecule has 0 saturated carbocycles. The maximum atomic E-state index is 13.9. The van der Waals surface area contributed by atoms with Crippen molar-refractivity contribution in [2.24, 2.45) is 0 Å². The Morgan fingerprint density at radius 3 is 2.21 bits per heavy atom. The molecule has 0 amide bonds. The quantitative estimate of drug-likeness (QED) is 0.371. The van der Waals surface area contributed by atoms with Crippen molar-refractivity contribution in [3.8, 4) is 17.1 Å². The molecule has 0 spiro atoms. The number of benzene rings is 3. The first-order valence-corrected chi connectivity index (χ1v) is 10.6. The van der Waals surface area contributed by atoms with Gasteiger partial charge in [0.1, 0.15) is 5.69 Å². The van der Waals surface area contributed by atoms with Gasteiger partial charge in [-0.3, -0.25) is 4.40 Å². The maximum Gasteiger partial charge on any atom is 0.219 e. The highest BCUT2D eigenvalue weighted by Crippen LogP contribution is 2.29. The van der Waals surface area contributed by atoms with Crippen LogP contribution < -0.4 is 0 Å². The predicted molar refractivity (Wildman–Crippen MR) is 123 cm³/mol. The van der Waals surface area contributed by atoms with Crippen molar-refractivity contribution < 1.29 is 13.9 Å². The van der Waals surface area contributed by atoms with Crippen molar-refractivity contribution in [2.45, 2.75) is 19.8 Å². The lowest BCUT2D eigenvalue weighted by molar-refractivity contribution is 0.442. The summed E-state index contributed by atoms with van der Waals surface area (Å²) < 4.78 is 29.0. The number of halogens is 2. The first-order valence-electron chi connectivity index (χ1n) is 10.6. The van der Waals surface area contributed by atoms with E-state index in [4.69, 9.17) is 9.97 Å². The van der Waals surface area contributed by atoms with Gasteiger partial charge in [-0.05, 0) is 36.2 Å². The number of hydrogen-bond acceptors (Lipinski definition) is 3. The third kappa shape index (κ3) is 4.20. The Balaban J connectivity index is 1.65. The molecule has 0 unspecified atom stereocenters. The van der Waals surface area contributed by atoms with Crippen molar-refractivity contribution in [1.82, 2.24) is 14.4 Å². The van der Waals surface area contributed by atoms with Crippen molar-refractivity contribution in [1.29, 1.82) is 0 Å². The Labute approximate surface area is 189 Å². The number of fused-ring (bicyclic) bond motifs is 1. The number of nitrogens with zero attached hydrogens (tertiary/aromatic N) is 3. The number of imidazole rings is 1. The fourth-order valence-corrected chi connectivity index (χ4v) is 3.86. The molecule has 0 radical (unpaired) electrons. The molecular weight excluding hydrogens is 420 g/mol. The minimum absolute atomic E-state index is 0.00567. The van der Waals surface area contributed by atoms with Gasteiger partial charge < -0.3 is 5.11 Å². The molecule has 33 heavy (non-hydrogen) atoms. The summed E-state index contributed by atoms with van der Waals surface area (Å²) in [6, 6.07) is 21.5. The van der Waals surface area contributed by atoms with Crippen LogP contribution in [0.25, 0.3) is 16.9 Å². The molecule has 0 saturated heterocycles. The van der Waals surface area contributed by atoms with Crippen LogP contribution in [0.4, 0.5) is 8.78 Å². The minimum Gasteiger partial charge on any atom is -0.493 e. The average molecular weight is 441 g/mol. The van der Waals surface area contributed by atoms with E-state index < -0.39 is 11.6 Å². The SMILES string of the molecule is Cc1ccc(Cc2nc3c(Cc4ccccc4)nc(-c4ccc(F)c(F)c4)cn3c2O)cc1. The highest BCUT2D eigenvalue weighted by atomic mass is 19.2. The number of aryl methyl sites for hydroxylation is 1. The number of hydrogen-bond donors (Lipinski definition) is 1. The molecule has 0 aliphatic carbocycles. The van der Waals surface area contributed by atoms with E-state index in [1.54, 1.807) is 10.6 Å². The second kappa shape index (κ2) is 8.47. The molecular formula is C27H21F2N3O. The van der Waals surface area contributed by atoms with E-state index in [9.17, 15) is 13.9 Å². The van der Waals surface area contributed by atoms with Gasteiger partial charge in [-0.1, -0.05) is 60.2 Å². The molecule has 0 aliphatic rings. The van der Waals surface area contributed by atoms with Crippen molar-refractivity contribution in [3.63, 3.8) is 0 Å². The van der Waals surface area contributed by atoms with Crippen LogP contribution in [0, 0.1) is 18.6 Å². The molecule has 0 atom stereocenters. The van der Waals surface area contributed by atoms with E-state index in [0.717, 1.165) is 28.8 Å². The van der Waals surface area contributed by atoms with Gasteiger partial charge in [0.25, 0.3) is 0 Å². The molecule has 0 bridgehead atoms. The Bertz CT molecular complexity index is 1440. The molecule has 1 N–H and O–H groups in total. The van der Waals surface area contributed by atoms with Crippen LogP contribution in [0.2, 0.25) is 0 Å². The van der Waals surface area contributed by atoms with Crippen LogP contribution in [0.5, 0.6) is 5.88 Å². The normalized spacial score (nSPS) is 11.2. The molecule has 164 valence electrons. The van der Waals surface area contributed by atoms with E-state index in [-0.39, 0.29) is 5.88 Å². The summed E-state index contributed by atoms with van der Waals surface area (Å²) >= 11 is 0. The summed E-state index contributed by atoms with van der Waals surface area (Å²) in [5.41, 5.74) is 5.73. The highest BCUT2D eigenvalue weighted by Gasteiger charge is 2.18. The lowest BCUT2D eigenvalue weighted by Gasteiger charge is -2.09. The zero-order chi connectivity index (χ0) is 22.9. The molecule has 3 aromatic carbocycles. The van der Waals surface area contributed by atoms with Crippen LogP contribution in [-0.2, 0) is 12.8 Å². The standard InChI is InChI=1S/C27H21F2N3O/c1-17-7-9-19(10-8-17)14-24-27(33)32-16-25(20-11-12-21(28)22(29)15-20)30-23(26(32)31-24)13-18-5-3-2-4-6-18/h2-12,15-16,33H,13-14H2,1H3. The summed E-state index contributed by atoms with van der Waals surface area (Å²) in [5, 5.41) is 11.0. The monoisotopic (exact) mass is 441 g/mol. The van der Waals surface area contributed by atoms with E-state index in [1.807, 2.05) is 61.5 Å². The maximum absolute atomic E-state index is 13.9. The zero-order valence-corrected chi connectivity index (χ0v) is 18.0. The number of rotatable bonds is 5. The second-order valence-corrected chi connectivity index (χ2v) is 8.10. The lowest BCUT2D eigenvalue weighted by Crippen LogP contribution is -2.01. The van der Waals surface area contributed by atoms with Gasteiger partial charge in [0, 0.05) is 24.6 Å². The van der Waals surface area contributed by atoms with Crippen LogP contribution in [-0.4, -0.2) is 19.5 Å². The van der Waals surface area contributed by atoms with Crippen LogP contribution >= 0.6 is 0 Å². The van der Waals surface area contributed by atoms with Crippen molar-refractivity contribution in [3.05, 3.63) is 119 Å². The first-order chi connectivity index (χ1) is 16.0. The van der Waals surface area contributed by atoms with Gasteiger partial charge in [0.05, 0.1) is 11.4 Å². The average Bonchev–Trinajstić information content (AvgIpc) is 3.13. The summed E-state index contributed by atoms with van der Waals surface area (Å²) in [5.74, 6) is -1.87. The fourth-order valence-electron chi connectivity index (χ4n) is 3.86. The molecule has 0 fully saturated rings. The third-order valence-electron chi connectivity index (χ3n) is 5.64. The summed E-state index contributed by atoms with van der Waals surface area (Å²) in [6.45, 7) is 2.02. The van der Waals surface area contributed by atoms with E-state index in [1.165, 1.54) is 6.07 Å². The van der Waals surface area contributed by atoms with Gasteiger partial charge in [-0.2, -0.15) is 0 Å². The first kappa shape index (κ1) is 20.8. The minimum atomic E-state index is -0.950. The lowest BCUT2D eigenvalue weighted by atomic mass is 10.1. The van der Waals surface area contributed by atoms with Gasteiger partial charge in [0.15, 0.2) is 17.3 Å². The predicted octanol–water partition coefficient (Wildman–Crippen LogP) is 5.87. The van der Waals surface area contributed by atoms with E-state index in [2.05, 4.69) is 0 Å². The largest absolute Gasteiger partial charge is 0.493 e. The smallest absolute Gasteiger partial charge is 0.219 e. The molecule has 2 aromatic heterocycles.